The second kappa shape index (κ2) is 7.93. The molecule has 0 amide bonds. The lowest BCUT2D eigenvalue weighted by molar-refractivity contribution is -0.386. The quantitative estimate of drug-likeness (QED) is 0.240. The molecule has 0 aromatic heterocycles. The van der Waals surface area contributed by atoms with Crippen LogP contribution in [-0.2, 0) is 9.53 Å². The van der Waals surface area contributed by atoms with E-state index >= 15 is 0 Å². The first kappa shape index (κ1) is 16.5. The van der Waals surface area contributed by atoms with Crippen molar-refractivity contribution in [2.45, 2.75) is 19.8 Å². The average Bonchev–Trinajstić information content (AvgIpc) is 2.44. The third-order valence-corrected chi connectivity index (χ3v) is 2.50. The number of carbonyl (C=O) groups is 2. The van der Waals surface area contributed by atoms with Crippen molar-refractivity contribution in [1.82, 2.24) is 0 Å². The van der Waals surface area contributed by atoms with Crippen molar-refractivity contribution in [3.63, 3.8) is 0 Å². The summed E-state index contributed by atoms with van der Waals surface area (Å²) in [6.45, 7) is 1.80. The number of aldehydes is 1. The van der Waals surface area contributed by atoms with Crippen LogP contribution >= 0.6 is 0 Å². The zero-order valence-electron chi connectivity index (χ0n) is 11.3. The molecule has 0 atom stereocenters. The number of nitro benzene ring substituents is 1. The second-order valence-corrected chi connectivity index (χ2v) is 3.95. The number of nitrogens with zero attached hydrogens (tertiary/aromatic N) is 1. The first-order valence-electron chi connectivity index (χ1n) is 6.21. The van der Waals surface area contributed by atoms with Gasteiger partial charge < -0.3 is 9.47 Å². The molecule has 0 saturated carbocycles. The number of hydrogen-bond donors (Lipinski definition) is 0. The van der Waals surface area contributed by atoms with Crippen LogP contribution in [0.1, 0.15) is 30.1 Å². The van der Waals surface area contributed by atoms with Crippen molar-refractivity contribution < 1.29 is 28.4 Å². The highest BCUT2D eigenvalue weighted by molar-refractivity contribution is 5.83. The molecule has 1 aromatic rings. The van der Waals surface area contributed by atoms with Crippen LogP contribution in [0, 0.1) is 15.9 Å². The van der Waals surface area contributed by atoms with Crippen LogP contribution in [0.2, 0.25) is 0 Å². The Hall–Kier alpha value is -2.51. The number of esters is 1. The molecule has 7 nitrogen and oxygen atoms in total. The maximum Gasteiger partial charge on any atom is 0.324 e. The smallest absolute Gasteiger partial charge is 0.324 e. The molecule has 0 radical (unpaired) electrons. The Bertz CT molecular complexity index is 546. The largest absolute Gasteiger partial charge is 0.485 e. The maximum absolute atomic E-state index is 13.6. The van der Waals surface area contributed by atoms with E-state index in [-0.39, 0.29) is 37.9 Å². The summed E-state index contributed by atoms with van der Waals surface area (Å²) in [6.07, 6.45) is 0.514. The summed E-state index contributed by atoms with van der Waals surface area (Å²) in [5, 5.41) is 10.9. The van der Waals surface area contributed by atoms with Gasteiger partial charge in [-0.15, -0.1) is 0 Å². The van der Waals surface area contributed by atoms with Gasteiger partial charge in [-0.25, -0.2) is 4.39 Å². The number of ether oxygens (including phenoxy) is 2. The van der Waals surface area contributed by atoms with E-state index in [1.165, 1.54) is 0 Å². The zero-order valence-corrected chi connectivity index (χ0v) is 11.3. The monoisotopic (exact) mass is 299 g/mol. The van der Waals surface area contributed by atoms with Crippen LogP contribution in [0.5, 0.6) is 5.75 Å². The predicted molar refractivity (Wildman–Crippen MR) is 69.8 cm³/mol. The minimum atomic E-state index is -0.941. The van der Waals surface area contributed by atoms with Crippen molar-refractivity contribution >= 4 is 17.9 Å². The fraction of sp³-hybridized carbons (Fsp3) is 0.385. The van der Waals surface area contributed by atoms with E-state index in [9.17, 15) is 24.1 Å². The minimum absolute atomic E-state index is 0.0522. The van der Waals surface area contributed by atoms with Crippen LogP contribution in [-0.4, -0.2) is 30.4 Å². The third-order valence-electron chi connectivity index (χ3n) is 2.50. The molecule has 0 aliphatic heterocycles. The van der Waals surface area contributed by atoms with Crippen LogP contribution in [0.15, 0.2) is 12.1 Å². The minimum Gasteiger partial charge on any atom is -0.485 e. The summed E-state index contributed by atoms with van der Waals surface area (Å²) in [7, 11) is 0. The van der Waals surface area contributed by atoms with E-state index in [2.05, 4.69) is 0 Å². The van der Waals surface area contributed by atoms with E-state index in [1.54, 1.807) is 6.92 Å². The van der Waals surface area contributed by atoms with Crippen LogP contribution in [0.3, 0.4) is 0 Å². The van der Waals surface area contributed by atoms with Gasteiger partial charge in [0.05, 0.1) is 23.7 Å². The van der Waals surface area contributed by atoms with E-state index in [0.717, 1.165) is 12.1 Å². The zero-order chi connectivity index (χ0) is 15.8. The van der Waals surface area contributed by atoms with Gasteiger partial charge in [0.2, 0.25) is 5.75 Å². The van der Waals surface area contributed by atoms with Crippen molar-refractivity contribution in [1.29, 1.82) is 0 Å². The summed E-state index contributed by atoms with van der Waals surface area (Å²) >= 11 is 0. The number of hydrogen-bond acceptors (Lipinski definition) is 6. The molecule has 0 spiro atoms. The van der Waals surface area contributed by atoms with Gasteiger partial charge in [-0.1, -0.05) is 0 Å². The summed E-state index contributed by atoms with van der Waals surface area (Å²) in [6, 6.07) is 1.92. The number of rotatable bonds is 8. The Kier molecular flexibility index (Phi) is 6.25. The molecule has 0 aliphatic rings. The van der Waals surface area contributed by atoms with Gasteiger partial charge in [0.1, 0.15) is 0 Å². The third kappa shape index (κ3) is 4.51. The second-order valence-electron chi connectivity index (χ2n) is 3.95. The summed E-state index contributed by atoms with van der Waals surface area (Å²) in [5.74, 6) is -1.98. The number of benzene rings is 1. The molecule has 0 heterocycles. The first-order valence-corrected chi connectivity index (χ1v) is 6.21. The van der Waals surface area contributed by atoms with E-state index in [4.69, 9.17) is 9.47 Å². The van der Waals surface area contributed by atoms with Crippen molar-refractivity contribution in [2.24, 2.45) is 0 Å². The molecule has 0 aliphatic carbocycles. The lowest BCUT2D eigenvalue weighted by Gasteiger charge is -2.08. The van der Waals surface area contributed by atoms with Crippen molar-refractivity contribution in [2.75, 3.05) is 13.2 Å². The van der Waals surface area contributed by atoms with Crippen molar-refractivity contribution in [3.8, 4) is 5.75 Å². The van der Waals surface area contributed by atoms with Crippen molar-refractivity contribution in [3.05, 3.63) is 33.6 Å². The molecule has 0 fully saturated rings. The van der Waals surface area contributed by atoms with Crippen LogP contribution in [0.4, 0.5) is 10.1 Å². The number of nitro groups is 1. The van der Waals surface area contributed by atoms with Gasteiger partial charge >= 0.3 is 11.7 Å². The Balaban J connectivity index is 2.76. The molecule has 0 unspecified atom stereocenters. The maximum atomic E-state index is 13.6. The predicted octanol–water partition coefficient (Wildman–Crippen LogP) is 2.27. The molecule has 8 heteroatoms. The molecule has 0 saturated heterocycles. The lowest BCUT2D eigenvalue weighted by Crippen LogP contribution is -2.08. The average molecular weight is 299 g/mol. The first-order chi connectivity index (χ1) is 10.0. The number of halogens is 1. The Morgan fingerprint density at radius 1 is 1.48 bits per heavy atom. The standard InChI is InChI=1S/C13H14FNO6/c1-2-20-11(17)4-3-7-21-13-10(14)6-5-9(8-16)12(13)15(18)19/h5-6,8H,2-4,7H2,1H3. The van der Waals surface area contributed by atoms with Gasteiger partial charge in [0.25, 0.3) is 0 Å². The molecule has 0 bridgehead atoms. The highest BCUT2D eigenvalue weighted by atomic mass is 19.1. The molecule has 21 heavy (non-hydrogen) atoms. The van der Waals surface area contributed by atoms with Gasteiger partial charge in [0, 0.05) is 6.42 Å². The van der Waals surface area contributed by atoms with E-state index < -0.39 is 28.1 Å². The normalized spacial score (nSPS) is 10.0. The van der Waals surface area contributed by atoms with Crippen LogP contribution in [0.25, 0.3) is 0 Å². The Morgan fingerprint density at radius 2 is 2.19 bits per heavy atom. The topological polar surface area (TPSA) is 95.7 Å². The van der Waals surface area contributed by atoms with Gasteiger partial charge in [-0.05, 0) is 25.5 Å². The van der Waals surface area contributed by atoms with E-state index in [0.29, 0.717) is 0 Å². The SMILES string of the molecule is CCOC(=O)CCCOc1c(F)ccc(C=O)c1[N+](=O)[O-]. The molecule has 1 rings (SSSR count). The molecular weight excluding hydrogens is 285 g/mol. The molecule has 1 aromatic carbocycles. The summed E-state index contributed by atoms with van der Waals surface area (Å²) in [4.78, 5) is 31.9. The van der Waals surface area contributed by atoms with E-state index in [1.807, 2.05) is 0 Å². The molecule has 0 N–H and O–H groups in total. The number of carbonyl (C=O) groups excluding carboxylic acids is 2. The Labute approximate surface area is 119 Å². The Morgan fingerprint density at radius 3 is 2.76 bits per heavy atom. The fourth-order valence-electron chi connectivity index (χ4n) is 1.61. The fourth-order valence-corrected chi connectivity index (χ4v) is 1.61. The van der Waals surface area contributed by atoms with Gasteiger partial charge in [0.15, 0.2) is 12.1 Å². The highest BCUT2D eigenvalue weighted by Crippen LogP contribution is 2.33. The molecular formula is C13H14FNO6. The van der Waals surface area contributed by atoms with Gasteiger partial charge in [-0.3, -0.25) is 19.7 Å². The van der Waals surface area contributed by atoms with Gasteiger partial charge in [-0.2, -0.15) is 0 Å². The highest BCUT2D eigenvalue weighted by Gasteiger charge is 2.25. The van der Waals surface area contributed by atoms with Crippen LogP contribution < -0.4 is 4.74 Å². The summed E-state index contributed by atoms with van der Waals surface area (Å²) < 4.78 is 23.3. The molecule has 114 valence electrons. The summed E-state index contributed by atoms with van der Waals surface area (Å²) in [5.41, 5.74) is -0.997. The lowest BCUT2D eigenvalue weighted by atomic mass is 10.1.